The highest BCUT2D eigenvalue weighted by Crippen LogP contribution is 2.31. The Morgan fingerprint density at radius 2 is 1.91 bits per heavy atom. The van der Waals surface area contributed by atoms with Gasteiger partial charge in [0.05, 0.1) is 28.5 Å². The maximum atomic E-state index is 13.5. The molecule has 0 saturated heterocycles. The van der Waals surface area contributed by atoms with E-state index in [-0.39, 0.29) is 34.3 Å². The Bertz CT molecular complexity index is 1570. The van der Waals surface area contributed by atoms with Crippen LogP contribution in [0.4, 0.5) is 5.69 Å². The fraction of sp³-hybridized carbons (Fsp3) is 0.0952. The Balaban J connectivity index is 1.69. The Morgan fingerprint density at radius 3 is 2.69 bits per heavy atom. The first kappa shape index (κ1) is 20.2. The fourth-order valence-electron chi connectivity index (χ4n) is 3.57. The molecule has 0 fully saturated rings. The monoisotopic (exact) mass is 467 g/mol. The minimum absolute atomic E-state index is 0.00128. The fourth-order valence-corrected chi connectivity index (χ4v) is 5.30. The van der Waals surface area contributed by atoms with Gasteiger partial charge in [-0.15, -0.1) is 15.7 Å². The van der Waals surface area contributed by atoms with Gasteiger partial charge in [-0.05, 0) is 31.2 Å². The summed E-state index contributed by atoms with van der Waals surface area (Å²) in [5.41, 5.74) is 3.61. The van der Waals surface area contributed by atoms with Crippen molar-refractivity contribution in [1.82, 2.24) is 9.66 Å². The summed E-state index contributed by atoms with van der Waals surface area (Å²) in [6.45, 7) is 2.15. The summed E-state index contributed by atoms with van der Waals surface area (Å²) in [7, 11) is -4.05. The van der Waals surface area contributed by atoms with Crippen molar-refractivity contribution in [3.05, 3.63) is 80.5 Å². The quantitative estimate of drug-likeness (QED) is 0.421. The molecule has 0 radical (unpaired) electrons. The van der Waals surface area contributed by atoms with Gasteiger partial charge in [-0.2, -0.15) is 8.42 Å². The topological polar surface area (TPSA) is 126 Å². The average molecular weight is 468 g/mol. The molecule has 11 heteroatoms. The number of nitrogens with one attached hydrogen (secondary N) is 2. The van der Waals surface area contributed by atoms with Crippen molar-refractivity contribution in [1.29, 1.82) is 0 Å². The second-order valence-corrected chi connectivity index (χ2v) is 9.74. The number of sulfonamides is 1. The summed E-state index contributed by atoms with van der Waals surface area (Å²) in [5, 5.41) is 17.0. The Morgan fingerprint density at radius 1 is 1.16 bits per heavy atom. The number of para-hydroxylation sites is 2. The Hall–Kier alpha value is -3.70. The highest BCUT2D eigenvalue weighted by atomic mass is 32.2. The molecule has 0 amide bonds. The van der Waals surface area contributed by atoms with Crippen molar-refractivity contribution in [2.75, 3.05) is 10.7 Å². The van der Waals surface area contributed by atoms with E-state index in [2.05, 4.69) is 20.1 Å². The molecule has 0 saturated carbocycles. The lowest BCUT2D eigenvalue weighted by molar-refractivity contribution is 0.478. The van der Waals surface area contributed by atoms with Gasteiger partial charge in [-0.25, -0.2) is 9.66 Å². The first-order valence-corrected chi connectivity index (χ1v) is 11.9. The number of hydrogen-bond acceptors (Lipinski definition) is 8. The molecule has 3 heterocycles. The van der Waals surface area contributed by atoms with Crippen LogP contribution in [0.25, 0.3) is 10.9 Å². The zero-order chi connectivity index (χ0) is 22.5. The number of rotatable bonds is 4. The van der Waals surface area contributed by atoms with Crippen LogP contribution in [0.2, 0.25) is 0 Å². The molecule has 0 atom stereocenters. The molecule has 3 N–H and O–H groups in total. The zero-order valence-corrected chi connectivity index (χ0v) is 18.4. The van der Waals surface area contributed by atoms with Crippen molar-refractivity contribution in [3.63, 3.8) is 0 Å². The molecule has 5 rings (SSSR count). The van der Waals surface area contributed by atoms with E-state index in [1.165, 1.54) is 22.1 Å². The number of anilines is 1. The van der Waals surface area contributed by atoms with Gasteiger partial charge < -0.3 is 15.8 Å². The predicted molar refractivity (Wildman–Crippen MR) is 124 cm³/mol. The molecule has 9 nitrogen and oxygen atoms in total. The molecule has 0 spiro atoms. The minimum atomic E-state index is -4.05. The predicted octanol–water partition coefficient (Wildman–Crippen LogP) is 2.78. The van der Waals surface area contributed by atoms with E-state index in [9.17, 15) is 18.3 Å². The average Bonchev–Trinajstić information content (AvgIpc) is 3.18. The summed E-state index contributed by atoms with van der Waals surface area (Å²) in [6, 6.07) is 13.0. The van der Waals surface area contributed by atoms with Crippen LogP contribution in [-0.4, -0.2) is 29.0 Å². The summed E-state index contributed by atoms with van der Waals surface area (Å²) in [4.78, 5) is 17.8. The SMILES string of the molecule is Cc1nc(CNn2c(=O)c(C3=NS(=O)(=O)c4ccccc4N3)c(O)c3ccccc32)cs1. The maximum absolute atomic E-state index is 13.5. The molecule has 4 aromatic rings. The van der Waals surface area contributed by atoms with Gasteiger partial charge in [0.1, 0.15) is 16.2 Å². The van der Waals surface area contributed by atoms with Crippen LogP contribution in [0, 0.1) is 6.92 Å². The van der Waals surface area contributed by atoms with Crippen molar-refractivity contribution in [3.8, 4) is 5.75 Å². The number of nitrogens with zero attached hydrogens (tertiary/aromatic N) is 3. The first-order chi connectivity index (χ1) is 15.3. The lowest BCUT2D eigenvalue weighted by Crippen LogP contribution is -2.36. The van der Waals surface area contributed by atoms with Crippen LogP contribution in [0.3, 0.4) is 0 Å². The number of hydrogen-bond donors (Lipinski definition) is 3. The number of amidine groups is 1. The van der Waals surface area contributed by atoms with E-state index in [0.29, 0.717) is 10.9 Å². The minimum Gasteiger partial charge on any atom is -0.506 e. The number of fused-ring (bicyclic) bond motifs is 2. The van der Waals surface area contributed by atoms with E-state index < -0.39 is 15.6 Å². The molecule has 0 aliphatic carbocycles. The van der Waals surface area contributed by atoms with Gasteiger partial charge >= 0.3 is 0 Å². The maximum Gasteiger partial charge on any atom is 0.286 e. The number of benzene rings is 2. The molecular formula is C21H17N5O4S2. The normalized spacial score (nSPS) is 14.5. The number of aromatic nitrogens is 2. The molecule has 1 aliphatic rings. The lowest BCUT2D eigenvalue weighted by atomic mass is 10.1. The van der Waals surface area contributed by atoms with Crippen molar-refractivity contribution < 1.29 is 13.5 Å². The standard InChI is InChI=1S/C21H17N5O4S2/c1-12-23-13(11-31-12)10-22-26-16-8-4-2-6-14(16)19(27)18(21(26)28)20-24-15-7-3-5-9-17(15)32(29,30)25-20/h2-9,11,22,27H,10H2,1H3,(H,24,25). The summed E-state index contributed by atoms with van der Waals surface area (Å²) < 4.78 is 30.5. The van der Waals surface area contributed by atoms with Gasteiger partial charge in [0.25, 0.3) is 15.6 Å². The van der Waals surface area contributed by atoms with E-state index in [1.54, 1.807) is 42.5 Å². The zero-order valence-electron chi connectivity index (χ0n) is 16.7. The second-order valence-electron chi connectivity index (χ2n) is 7.11. The third kappa shape index (κ3) is 3.31. The van der Waals surface area contributed by atoms with Gasteiger partial charge in [0, 0.05) is 10.8 Å². The summed E-state index contributed by atoms with van der Waals surface area (Å²) >= 11 is 1.49. The van der Waals surface area contributed by atoms with Crippen LogP contribution in [-0.2, 0) is 16.6 Å². The molecular weight excluding hydrogens is 450 g/mol. The molecule has 162 valence electrons. The third-order valence-corrected chi connectivity index (χ3v) is 7.16. The first-order valence-electron chi connectivity index (χ1n) is 9.58. The molecule has 2 aromatic carbocycles. The van der Waals surface area contributed by atoms with Crippen molar-refractivity contribution in [2.45, 2.75) is 18.4 Å². The lowest BCUT2D eigenvalue weighted by Gasteiger charge is -2.20. The van der Waals surface area contributed by atoms with Gasteiger partial charge in [-0.1, -0.05) is 24.3 Å². The van der Waals surface area contributed by atoms with E-state index >= 15 is 0 Å². The van der Waals surface area contributed by atoms with Gasteiger partial charge in [0.2, 0.25) is 0 Å². The highest BCUT2D eigenvalue weighted by Gasteiger charge is 2.29. The Labute approximate surface area is 186 Å². The van der Waals surface area contributed by atoms with Crippen molar-refractivity contribution >= 4 is 43.8 Å². The molecule has 0 bridgehead atoms. The number of thiazole rings is 1. The van der Waals surface area contributed by atoms with Crippen LogP contribution in [0.5, 0.6) is 5.75 Å². The molecule has 0 unspecified atom stereocenters. The summed E-state index contributed by atoms with van der Waals surface area (Å²) in [6.07, 6.45) is 0. The third-order valence-electron chi connectivity index (χ3n) is 5.01. The highest BCUT2D eigenvalue weighted by molar-refractivity contribution is 7.90. The van der Waals surface area contributed by atoms with E-state index in [0.717, 1.165) is 10.7 Å². The number of aromatic hydroxyl groups is 1. The largest absolute Gasteiger partial charge is 0.506 e. The second kappa shape index (κ2) is 7.46. The summed E-state index contributed by atoms with van der Waals surface area (Å²) in [5.74, 6) is -0.592. The number of pyridine rings is 1. The van der Waals surface area contributed by atoms with E-state index in [1.807, 2.05) is 12.3 Å². The van der Waals surface area contributed by atoms with Crippen LogP contribution < -0.4 is 16.3 Å². The van der Waals surface area contributed by atoms with Crippen LogP contribution in [0.15, 0.2) is 68.0 Å². The smallest absolute Gasteiger partial charge is 0.286 e. The molecule has 2 aromatic heterocycles. The van der Waals surface area contributed by atoms with Gasteiger partial charge in [-0.3, -0.25) is 4.79 Å². The van der Waals surface area contributed by atoms with E-state index in [4.69, 9.17) is 0 Å². The molecule has 32 heavy (non-hydrogen) atoms. The molecule has 1 aliphatic heterocycles. The van der Waals surface area contributed by atoms with Crippen LogP contribution in [0.1, 0.15) is 16.3 Å². The number of aryl methyl sites for hydroxylation is 1. The van der Waals surface area contributed by atoms with Crippen LogP contribution >= 0.6 is 11.3 Å². The van der Waals surface area contributed by atoms with Gasteiger partial charge in [0.15, 0.2) is 5.84 Å². The Kier molecular flexibility index (Phi) is 4.72. The van der Waals surface area contributed by atoms with Crippen molar-refractivity contribution in [2.24, 2.45) is 4.40 Å².